The summed E-state index contributed by atoms with van der Waals surface area (Å²) in [5.41, 5.74) is 7.10. The molecule has 0 aliphatic carbocycles. The van der Waals surface area contributed by atoms with Gasteiger partial charge in [0.15, 0.2) is 0 Å². The van der Waals surface area contributed by atoms with Crippen molar-refractivity contribution in [1.82, 2.24) is 7.96 Å². The third-order valence-electron chi connectivity index (χ3n) is 2.12. The number of nitrogens with zero attached hydrogens (tertiary/aromatic N) is 2. The van der Waals surface area contributed by atoms with Crippen LogP contribution in [0.1, 0.15) is 13.8 Å². The molecule has 1 amide bonds. The van der Waals surface area contributed by atoms with Gasteiger partial charge in [-0.25, -0.2) is 0 Å². The van der Waals surface area contributed by atoms with Gasteiger partial charge < -0.3 is 0 Å². The molecule has 0 radical (unpaired) electrons. The first-order chi connectivity index (χ1) is 7.48. The molecule has 6 heteroatoms. The van der Waals surface area contributed by atoms with E-state index in [-0.39, 0.29) is 20.9 Å². The van der Waals surface area contributed by atoms with Crippen LogP contribution in [0.5, 0.6) is 0 Å². The summed E-state index contributed by atoms with van der Waals surface area (Å²) in [7, 11) is 0. The molecule has 3 N–H and O–H groups in total. The average molecular weight is 283 g/mol. The maximum atomic E-state index is 11.7. The van der Waals surface area contributed by atoms with Gasteiger partial charge in [-0.3, -0.25) is 0 Å². The molecular weight excluding hydrogens is 271 g/mol. The van der Waals surface area contributed by atoms with E-state index in [2.05, 4.69) is 13.3 Å². The first kappa shape index (κ1) is 11.3. The molecule has 1 aromatic heterocycles. The van der Waals surface area contributed by atoms with E-state index >= 15 is 0 Å². The van der Waals surface area contributed by atoms with Crippen molar-refractivity contribution in [2.45, 2.75) is 19.4 Å². The topological polar surface area (TPSA) is 80.9 Å². The molecule has 5 nitrogen and oxygen atoms in total. The number of hydrogen-bond donors (Lipinski definition) is 2. The summed E-state index contributed by atoms with van der Waals surface area (Å²) in [6.45, 7) is 3.33. The molecule has 1 aromatic carbocycles. The Labute approximate surface area is 99.3 Å². The van der Waals surface area contributed by atoms with E-state index in [1.807, 2.05) is 18.2 Å². The summed E-state index contributed by atoms with van der Waals surface area (Å²) in [4.78, 5) is 11.7. The molecule has 0 atom stereocenters. The van der Waals surface area contributed by atoms with Gasteiger partial charge in [-0.05, 0) is 0 Å². The Kier molecular flexibility index (Phi) is 2.80. The Morgan fingerprint density at radius 1 is 1.44 bits per heavy atom. The van der Waals surface area contributed by atoms with Gasteiger partial charge in [-0.1, -0.05) is 0 Å². The van der Waals surface area contributed by atoms with E-state index in [0.29, 0.717) is 5.69 Å². The van der Waals surface area contributed by atoms with Crippen LogP contribution in [-0.4, -0.2) is 34.4 Å². The second-order valence-corrected chi connectivity index (χ2v) is 5.22. The summed E-state index contributed by atoms with van der Waals surface area (Å²) in [6.07, 6.45) is 0. The van der Waals surface area contributed by atoms with Gasteiger partial charge in [-0.15, -0.1) is 0 Å². The van der Waals surface area contributed by atoms with Crippen LogP contribution in [0.2, 0.25) is 0 Å². The molecule has 0 bridgehead atoms. The van der Waals surface area contributed by atoms with Crippen molar-refractivity contribution in [1.29, 1.82) is 0 Å². The van der Waals surface area contributed by atoms with E-state index in [9.17, 15) is 4.79 Å². The fourth-order valence-corrected chi connectivity index (χ4v) is 2.34. The molecule has 0 aliphatic heterocycles. The van der Waals surface area contributed by atoms with Crippen LogP contribution in [0.25, 0.3) is 11.0 Å². The zero-order chi connectivity index (χ0) is 11.8. The number of nitrogens with two attached hydrogens (primary N) is 1. The van der Waals surface area contributed by atoms with Crippen molar-refractivity contribution in [3.63, 3.8) is 0 Å². The second kappa shape index (κ2) is 3.97. The molecule has 2 rings (SSSR count). The number of fused-ring (bicyclic) bond motifs is 1. The van der Waals surface area contributed by atoms with Crippen LogP contribution in [-0.2, 0) is 4.79 Å². The van der Waals surface area contributed by atoms with Crippen molar-refractivity contribution in [2.24, 2.45) is 5.73 Å². The average Bonchev–Trinajstić information content (AvgIpc) is 2.65. The Morgan fingerprint density at radius 2 is 2.19 bits per heavy atom. The van der Waals surface area contributed by atoms with E-state index in [4.69, 9.17) is 5.73 Å². The summed E-state index contributed by atoms with van der Waals surface area (Å²) >= 11 is -0.0958. The fourth-order valence-electron chi connectivity index (χ4n) is 1.19. The molecule has 0 saturated heterocycles. The third kappa shape index (κ3) is 2.14. The second-order valence-electron chi connectivity index (χ2n) is 4.11. The summed E-state index contributed by atoms with van der Waals surface area (Å²) in [6, 6.07) is 5.54. The van der Waals surface area contributed by atoms with Gasteiger partial charge >= 0.3 is 99.0 Å². The number of amides is 1. The number of nitrogens with one attached hydrogen (secondary N) is 1. The molecule has 0 aliphatic rings. The predicted molar refractivity (Wildman–Crippen MR) is 63.4 cm³/mol. The summed E-state index contributed by atoms with van der Waals surface area (Å²) in [5, 5.41) is 2.77. The molecule has 84 valence electrons. The first-order valence-electron chi connectivity index (χ1n) is 4.80. The van der Waals surface area contributed by atoms with Crippen molar-refractivity contribution in [3.8, 4) is 0 Å². The molecule has 0 fully saturated rings. The zero-order valence-electron chi connectivity index (χ0n) is 9.02. The number of rotatable bonds is 2. The molecule has 2 aromatic rings. The van der Waals surface area contributed by atoms with Gasteiger partial charge in [-0.2, -0.15) is 0 Å². The van der Waals surface area contributed by atoms with Crippen LogP contribution in [0, 0.1) is 0 Å². The number of carbonyl (C=O) groups is 1. The Balaban J connectivity index is 2.35. The van der Waals surface area contributed by atoms with Crippen molar-refractivity contribution >= 4 is 37.6 Å². The third-order valence-corrected chi connectivity index (χ3v) is 3.26. The monoisotopic (exact) mass is 284 g/mol. The molecular formula is C10H12N4OSe. The molecule has 16 heavy (non-hydrogen) atoms. The Morgan fingerprint density at radius 3 is 2.88 bits per heavy atom. The number of anilines is 1. The summed E-state index contributed by atoms with van der Waals surface area (Å²) in [5.74, 6) is -0.226. The number of aromatic nitrogens is 2. The van der Waals surface area contributed by atoms with Crippen molar-refractivity contribution in [3.05, 3.63) is 18.2 Å². The van der Waals surface area contributed by atoms with Crippen molar-refractivity contribution in [2.75, 3.05) is 5.32 Å². The molecule has 1 heterocycles. The SMILES string of the molecule is CC(C)(N)C(=O)Nc1cccc2n[se]nc12. The minimum absolute atomic E-state index is 0.0958. The first-order valence-corrected chi connectivity index (χ1v) is 6.33. The Bertz CT molecular complexity index is 529. The molecule has 0 saturated carbocycles. The fraction of sp³-hybridized carbons (Fsp3) is 0.300. The number of benzene rings is 1. The van der Waals surface area contributed by atoms with E-state index < -0.39 is 5.54 Å². The van der Waals surface area contributed by atoms with E-state index in [1.54, 1.807) is 13.8 Å². The van der Waals surface area contributed by atoms with Crippen LogP contribution in [0.15, 0.2) is 18.2 Å². The van der Waals surface area contributed by atoms with Crippen molar-refractivity contribution < 1.29 is 4.79 Å². The number of carbonyl (C=O) groups excluding carboxylic acids is 1. The van der Waals surface area contributed by atoms with Gasteiger partial charge in [0.2, 0.25) is 0 Å². The van der Waals surface area contributed by atoms with E-state index in [1.165, 1.54) is 0 Å². The van der Waals surface area contributed by atoms with Crippen LogP contribution < -0.4 is 11.1 Å². The van der Waals surface area contributed by atoms with Gasteiger partial charge in [0.25, 0.3) is 0 Å². The zero-order valence-corrected chi connectivity index (χ0v) is 10.7. The van der Waals surface area contributed by atoms with Gasteiger partial charge in [0.1, 0.15) is 0 Å². The summed E-state index contributed by atoms with van der Waals surface area (Å²) < 4.78 is 8.52. The van der Waals surface area contributed by atoms with Crippen LogP contribution in [0.3, 0.4) is 0 Å². The standard InChI is InChI=1S/C10H12N4OSe/c1-10(2,11)9(15)12-6-4-3-5-7-8(6)14-16-13-7/h3-5H,11H2,1-2H3,(H,12,15). The quantitative estimate of drug-likeness (QED) is 0.780. The van der Waals surface area contributed by atoms with Crippen LogP contribution in [0.4, 0.5) is 5.69 Å². The maximum absolute atomic E-state index is 11.7. The van der Waals surface area contributed by atoms with Gasteiger partial charge in [0, 0.05) is 0 Å². The normalized spacial score (nSPS) is 11.7. The van der Waals surface area contributed by atoms with Crippen LogP contribution >= 0.6 is 0 Å². The number of hydrogen-bond acceptors (Lipinski definition) is 4. The molecule has 0 unspecified atom stereocenters. The molecule has 0 spiro atoms. The van der Waals surface area contributed by atoms with E-state index in [0.717, 1.165) is 11.0 Å². The van der Waals surface area contributed by atoms with Gasteiger partial charge in [0.05, 0.1) is 0 Å². The minimum atomic E-state index is -0.899. The Hall–Kier alpha value is -1.23. The predicted octanol–water partition coefficient (Wildman–Crippen LogP) is 0.363.